The summed E-state index contributed by atoms with van der Waals surface area (Å²) in [6.07, 6.45) is 4.64. The number of carbonyl (C=O) groups excluding carboxylic acids is 2. The zero-order valence-electron chi connectivity index (χ0n) is 10.7. The van der Waals surface area contributed by atoms with Crippen LogP contribution in [0.4, 0.5) is 0 Å². The van der Waals surface area contributed by atoms with Gasteiger partial charge in [0.15, 0.2) is 0 Å². The number of aromatic nitrogens is 2. The molecule has 1 aromatic heterocycles. The maximum absolute atomic E-state index is 11.9. The van der Waals surface area contributed by atoms with E-state index in [4.69, 9.17) is 0 Å². The van der Waals surface area contributed by atoms with Crippen molar-refractivity contribution in [1.82, 2.24) is 19.8 Å². The Hall–Kier alpha value is -1.69. The van der Waals surface area contributed by atoms with Crippen LogP contribution in [-0.2, 0) is 16.1 Å². The molecule has 0 spiro atoms. The monoisotopic (exact) mass is 250 g/mol. The Morgan fingerprint density at radius 3 is 2.89 bits per heavy atom. The van der Waals surface area contributed by atoms with Gasteiger partial charge in [-0.2, -0.15) is 0 Å². The highest BCUT2D eigenvalue weighted by molar-refractivity contribution is 6.04. The molecule has 0 aromatic carbocycles. The fourth-order valence-corrected chi connectivity index (χ4v) is 2.10. The molecule has 1 aliphatic rings. The van der Waals surface area contributed by atoms with E-state index in [1.54, 1.807) is 17.1 Å². The van der Waals surface area contributed by atoms with Gasteiger partial charge in [0.05, 0.1) is 18.4 Å². The molecule has 1 unspecified atom stereocenters. The molecule has 6 heteroatoms. The smallest absolute Gasteiger partial charge is 0.252 e. The summed E-state index contributed by atoms with van der Waals surface area (Å²) < 4.78 is 1.80. The van der Waals surface area contributed by atoms with Crippen molar-refractivity contribution >= 4 is 11.8 Å². The van der Waals surface area contributed by atoms with E-state index in [1.165, 1.54) is 11.9 Å². The number of hydrogen-bond acceptors (Lipinski definition) is 4. The SMILES string of the molecule is CCCNCc1cncn1C1CC(=O)N(C)C1=O. The standard InChI is InChI=1S/C12H18N4O2/c1-3-4-13-6-9-7-14-8-16(9)10-5-11(17)15(2)12(10)18/h7-8,10,13H,3-6H2,1-2H3. The Morgan fingerprint density at radius 2 is 2.28 bits per heavy atom. The van der Waals surface area contributed by atoms with E-state index >= 15 is 0 Å². The van der Waals surface area contributed by atoms with Gasteiger partial charge in [0.1, 0.15) is 6.04 Å². The van der Waals surface area contributed by atoms with Gasteiger partial charge in [0.25, 0.3) is 5.91 Å². The van der Waals surface area contributed by atoms with Gasteiger partial charge in [0.2, 0.25) is 5.91 Å². The van der Waals surface area contributed by atoms with Crippen molar-refractivity contribution in [2.45, 2.75) is 32.4 Å². The molecule has 98 valence electrons. The lowest BCUT2D eigenvalue weighted by atomic mass is 10.2. The molecule has 1 N–H and O–H groups in total. The molecule has 1 aliphatic heterocycles. The average molecular weight is 250 g/mol. The van der Waals surface area contributed by atoms with Crippen molar-refractivity contribution in [3.05, 3.63) is 18.2 Å². The molecule has 6 nitrogen and oxygen atoms in total. The summed E-state index contributed by atoms with van der Waals surface area (Å²) in [5.41, 5.74) is 0.935. The maximum atomic E-state index is 11.9. The van der Waals surface area contributed by atoms with Gasteiger partial charge in [-0.15, -0.1) is 0 Å². The lowest BCUT2D eigenvalue weighted by molar-refractivity contribution is -0.137. The number of hydrogen-bond donors (Lipinski definition) is 1. The van der Waals surface area contributed by atoms with Crippen LogP contribution in [0.2, 0.25) is 0 Å². The summed E-state index contributed by atoms with van der Waals surface area (Å²) >= 11 is 0. The first-order valence-corrected chi connectivity index (χ1v) is 6.17. The third kappa shape index (κ3) is 2.28. The molecule has 0 bridgehead atoms. The molecule has 1 saturated heterocycles. The van der Waals surface area contributed by atoms with Crippen LogP contribution in [0.3, 0.4) is 0 Å². The molecule has 1 aromatic rings. The molecule has 0 saturated carbocycles. The topological polar surface area (TPSA) is 67.2 Å². The third-order valence-corrected chi connectivity index (χ3v) is 3.17. The van der Waals surface area contributed by atoms with Crippen molar-refractivity contribution in [2.75, 3.05) is 13.6 Å². The van der Waals surface area contributed by atoms with Crippen LogP contribution in [0.15, 0.2) is 12.5 Å². The lowest BCUT2D eigenvalue weighted by Crippen LogP contribution is -2.27. The van der Waals surface area contributed by atoms with Crippen LogP contribution in [0, 0.1) is 0 Å². The second kappa shape index (κ2) is 5.30. The minimum Gasteiger partial charge on any atom is -0.320 e. The molecule has 1 atom stereocenters. The lowest BCUT2D eigenvalue weighted by Gasteiger charge is -2.14. The summed E-state index contributed by atoms with van der Waals surface area (Å²) in [4.78, 5) is 28.7. The molecule has 0 radical (unpaired) electrons. The quantitative estimate of drug-likeness (QED) is 0.603. The number of carbonyl (C=O) groups is 2. The van der Waals surface area contributed by atoms with Crippen molar-refractivity contribution < 1.29 is 9.59 Å². The van der Waals surface area contributed by atoms with Gasteiger partial charge in [-0.1, -0.05) is 6.92 Å². The van der Waals surface area contributed by atoms with E-state index in [2.05, 4.69) is 17.2 Å². The first-order chi connectivity index (χ1) is 8.65. The summed E-state index contributed by atoms with van der Waals surface area (Å²) in [5, 5.41) is 3.27. The summed E-state index contributed by atoms with van der Waals surface area (Å²) in [6.45, 7) is 3.68. The van der Waals surface area contributed by atoms with Crippen LogP contribution in [0.1, 0.15) is 31.5 Å². The highest BCUT2D eigenvalue weighted by Gasteiger charge is 2.37. The molecule has 2 rings (SSSR count). The van der Waals surface area contributed by atoms with Gasteiger partial charge in [0, 0.05) is 19.8 Å². The molecule has 2 heterocycles. The first-order valence-electron chi connectivity index (χ1n) is 6.17. The number of amides is 2. The number of imide groups is 1. The third-order valence-electron chi connectivity index (χ3n) is 3.17. The minimum atomic E-state index is -0.427. The summed E-state index contributed by atoms with van der Waals surface area (Å²) in [5.74, 6) is -0.291. The maximum Gasteiger partial charge on any atom is 0.252 e. The van der Waals surface area contributed by atoms with E-state index in [0.29, 0.717) is 6.54 Å². The fraction of sp³-hybridized carbons (Fsp3) is 0.583. The zero-order chi connectivity index (χ0) is 13.1. The van der Waals surface area contributed by atoms with E-state index in [-0.39, 0.29) is 18.2 Å². The van der Waals surface area contributed by atoms with E-state index in [9.17, 15) is 9.59 Å². The molecule has 18 heavy (non-hydrogen) atoms. The number of nitrogens with zero attached hydrogens (tertiary/aromatic N) is 3. The van der Waals surface area contributed by atoms with Gasteiger partial charge in [-0.05, 0) is 13.0 Å². The Kier molecular flexibility index (Phi) is 3.76. The Labute approximate surface area is 106 Å². The van der Waals surface area contributed by atoms with Crippen molar-refractivity contribution in [3.63, 3.8) is 0 Å². The Balaban J connectivity index is 2.12. The summed E-state index contributed by atoms with van der Waals surface area (Å²) in [7, 11) is 1.52. The number of likely N-dealkylation sites (tertiary alicyclic amines) is 1. The van der Waals surface area contributed by atoms with Crippen molar-refractivity contribution in [3.8, 4) is 0 Å². The van der Waals surface area contributed by atoms with Crippen LogP contribution < -0.4 is 5.32 Å². The van der Waals surface area contributed by atoms with Crippen LogP contribution in [-0.4, -0.2) is 39.9 Å². The normalized spacial score (nSPS) is 19.9. The van der Waals surface area contributed by atoms with Crippen molar-refractivity contribution in [2.24, 2.45) is 0 Å². The zero-order valence-corrected chi connectivity index (χ0v) is 10.7. The van der Waals surface area contributed by atoms with E-state index in [0.717, 1.165) is 18.7 Å². The highest BCUT2D eigenvalue weighted by Crippen LogP contribution is 2.24. The van der Waals surface area contributed by atoms with E-state index in [1.807, 2.05) is 0 Å². The Bertz CT molecular complexity index is 455. The van der Waals surface area contributed by atoms with Gasteiger partial charge in [-0.3, -0.25) is 14.5 Å². The molecule has 1 fully saturated rings. The summed E-state index contributed by atoms with van der Waals surface area (Å²) in [6, 6.07) is -0.427. The number of nitrogens with one attached hydrogen (secondary N) is 1. The molecule has 0 aliphatic carbocycles. The number of likely N-dealkylation sites (N-methyl/N-ethyl adjacent to an activating group) is 1. The highest BCUT2D eigenvalue weighted by atomic mass is 16.2. The molecule has 2 amide bonds. The number of rotatable bonds is 5. The van der Waals surface area contributed by atoms with Gasteiger partial charge in [-0.25, -0.2) is 4.98 Å². The second-order valence-electron chi connectivity index (χ2n) is 4.48. The van der Waals surface area contributed by atoms with Gasteiger partial charge >= 0.3 is 0 Å². The van der Waals surface area contributed by atoms with Gasteiger partial charge < -0.3 is 9.88 Å². The number of imidazole rings is 1. The molecular weight excluding hydrogens is 232 g/mol. The Morgan fingerprint density at radius 1 is 1.50 bits per heavy atom. The second-order valence-corrected chi connectivity index (χ2v) is 4.48. The predicted octanol–water partition coefficient (Wildman–Crippen LogP) is 0.312. The first kappa shape index (κ1) is 12.8. The average Bonchev–Trinajstić information content (AvgIpc) is 2.90. The van der Waals surface area contributed by atoms with E-state index < -0.39 is 6.04 Å². The predicted molar refractivity (Wildman–Crippen MR) is 65.7 cm³/mol. The molecular formula is C12H18N4O2. The largest absolute Gasteiger partial charge is 0.320 e. The minimum absolute atomic E-state index is 0.133. The fourth-order valence-electron chi connectivity index (χ4n) is 2.10. The van der Waals surface area contributed by atoms with Crippen LogP contribution in [0.25, 0.3) is 0 Å². The van der Waals surface area contributed by atoms with Crippen LogP contribution >= 0.6 is 0 Å². The van der Waals surface area contributed by atoms with Crippen LogP contribution in [0.5, 0.6) is 0 Å². The van der Waals surface area contributed by atoms with Crippen molar-refractivity contribution in [1.29, 1.82) is 0 Å².